The highest BCUT2D eigenvalue weighted by atomic mass is 16.5. The second-order valence-corrected chi connectivity index (χ2v) is 9.99. The summed E-state index contributed by atoms with van der Waals surface area (Å²) in [7, 11) is 0. The number of nitrogens with one attached hydrogen (secondary N) is 1. The van der Waals surface area contributed by atoms with E-state index < -0.39 is 42.6 Å². The minimum Gasteiger partial charge on any atom is -0.481 e. The largest absolute Gasteiger partial charge is 0.481 e. The summed E-state index contributed by atoms with van der Waals surface area (Å²) in [5.41, 5.74) is 6.90. The average molecular weight is 490 g/mol. The fraction of sp³-hybridized carbons (Fsp3) is 0.615. The predicted octanol–water partition coefficient (Wildman–Crippen LogP) is 2.12. The Morgan fingerprint density at radius 1 is 1.11 bits per heavy atom. The normalized spacial score (nSPS) is 18.3. The standard InChI is InChI=1S/C26H39N3O6/c1-16(2)13-22(30)28-19(14-18-9-6-5-7-10-18)26(34)35-21(15-23(31)32)20-11-8-12-29(20)25(33)24(27)17(3)4/h5-7,9-10,16-17,19-21,24H,8,11-15,27H2,1-4H3,(H,28,30)(H,31,32)/t19-,20-,21-,24-/m0/s1. The zero-order chi connectivity index (χ0) is 26.1. The van der Waals surface area contributed by atoms with Crippen molar-refractivity contribution in [2.75, 3.05) is 6.54 Å². The number of likely N-dealkylation sites (tertiary alicyclic amines) is 1. The molecule has 2 amide bonds. The van der Waals surface area contributed by atoms with Gasteiger partial charge >= 0.3 is 11.9 Å². The maximum Gasteiger partial charge on any atom is 0.329 e. The number of carbonyl (C=O) groups excluding carboxylic acids is 3. The van der Waals surface area contributed by atoms with E-state index in [9.17, 15) is 24.3 Å². The molecule has 1 fully saturated rings. The van der Waals surface area contributed by atoms with Crippen LogP contribution in [-0.4, -0.2) is 64.5 Å². The Labute approximate surface area is 207 Å². The van der Waals surface area contributed by atoms with E-state index in [1.807, 2.05) is 58.0 Å². The van der Waals surface area contributed by atoms with Gasteiger partial charge in [-0.3, -0.25) is 14.4 Å². The molecule has 9 nitrogen and oxygen atoms in total. The molecule has 1 aromatic carbocycles. The molecule has 0 aliphatic carbocycles. The lowest BCUT2D eigenvalue weighted by atomic mass is 10.0. The second kappa shape index (κ2) is 13.2. The van der Waals surface area contributed by atoms with Crippen molar-refractivity contribution >= 4 is 23.8 Å². The number of benzene rings is 1. The second-order valence-electron chi connectivity index (χ2n) is 9.99. The van der Waals surface area contributed by atoms with Gasteiger partial charge in [-0.15, -0.1) is 0 Å². The summed E-state index contributed by atoms with van der Waals surface area (Å²) >= 11 is 0. The number of carboxylic acid groups (broad SMARTS) is 1. The smallest absolute Gasteiger partial charge is 0.329 e. The van der Waals surface area contributed by atoms with E-state index in [-0.39, 0.29) is 36.5 Å². The van der Waals surface area contributed by atoms with E-state index >= 15 is 0 Å². The zero-order valence-corrected chi connectivity index (χ0v) is 21.1. The van der Waals surface area contributed by atoms with Crippen molar-refractivity contribution in [3.8, 4) is 0 Å². The van der Waals surface area contributed by atoms with Crippen molar-refractivity contribution in [3.63, 3.8) is 0 Å². The molecule has 2 rings (SSSR count). The number of hydrogen-bond donors (Lipinski definition) is 3. The Kier molecular flexibility index (Phi) is 10.7. The molecule has 1 aliphatic heterocycles. The van der Waals surface area contributed by atoms with Crippen molar-refractivity contribution in [1.29, 1.82) is 0 Å². The molecule has 1 aromatic rings. The van der Waals surface area contributed by atoms with E-state index in [1.165, 1.54) is 0 Å². The Bertz CT molecular complexity index is 873. The van der Waals surface area contributed by atoms with Crippen LogP contribution in [0.1, 0.15) is 58.9 Å². The molecule has 0 unspecified atom stereocenters. The van der Waals surface area contributed by atoms with Crippen LogP contribution in [0.2, 0.25) is 0 Å². The van der Waals surface area contributed by atoms with Crippen LogP contribution in [0.25, 0.3) is 0 Å². The highest BCUT2D eigenvalue weighted by Crippen LogP contribution is 2.26. The summed E-state index contributed by atoms with van der Waals surface area (Å²) in [4.78, 5) is 51.9. The van der Waals surface area contributed by atoms with Crippen LogP contribution in [0.5, 0.6) is 0 Å². The first-order chi connectivity index (χ1) is 16.5. The van der Waals surface area contributed by atoms with E-state index in [0.717, 1.165) is 5.56 Å². The number of carboxylic acids is 1. The molecule has 1 aliphatic rings. The van der Waals surface area contributed by atoms with Crippen LogP contribution in [0.15, 0.2) is 30.3 Å². The number of nitrogens with two attached hydrogens (primary N) is 1. The van der Waals surface area contributed by atoms with Gasteiger partial charge in [0.2, 0.25) is 11.8 Å². The highest BCUT2D eigenvalue weighted by Gasteiger charge is 2.40. The third kappa shape index (κ3) is 8.65. The molecule has 0 aromatic heterocycles. The monoisotopic (exact) mass is 489 g/mol. The molecule has 0 radical (unpaired) electrons. The van der Waals surface area contributed by atoms with Gasteiger partial charge in [-0.25, -0.2) is 4.79 Å². The predicted molar refractivity (Wildman–Crippen MR) is 131 cm³/mol. The van der Waals surface area contributed by atoms with Gasteiger partial charge in [0, 0.05) is 19.4 Å². The van der Waals surface area contributed by atoms with Crippen LogP contribution in [0, 0.1) is 11.8 Å². The maximum atomic E-state index is 13.3. The van der Waals surface area contributed by atoms with Crippen molar-refractivity contribution < 1.29 is 29.0 Å². The van der Waals surface area contributed by atoms with Gasteiger partial charge in [0.1, 0.15) is 12.1 Å². The first-order valence-corrected chi connectivity index (χ1v) is 12.3. The number of amides is 2. The van der Waals surface area contributed by atoms with Crippen LogP contribution in [0.4, 0.5) is 0 Å². The Morgan fingerprint density at radius 2 is 1.77 bits per heavy atom. The van der Waals surface area contributed by atoms with Gasteiger partial charge in [0.15, 0.2) is 0 Å². The quantitative estimate of drug-likeness (QED) is 0.382. The number of aliphatic carboxylic acids is 1. The molecule has 1 heterocycles. The van der Waals surface area contributed by atoms with Gasteiger partial charge in [-0.05, 0) is 30.2 Å². The summed E-state index contributed by atoms with van der Waals surface area (Å²) < 4.78 is 5.74. The third-order valence-corrected chi connectivity index (χ3v) is 6.15. The fourth-order valence-electron chi connectivity index (χ4n) is 4.26. The molecule has 4 atom stereocenters. The van der Waals surface area contributed by atoms with E-state index in [0.29, 0.717) is 19.4 Å². The lowest BCUT2D eigenvalue weighted by Crippen LogP contribution is -2.53. The molecule has 35 heavy (non-hydrogen) atoms. The van der Waals surface area contributed by atoms with Gasteiger partial charge in [-0.2, -0.15) is 0 Å². The van der Waals surface area contributed by atoms with Crippen molar-refractivity contribution in [2.45, 2.75) is 84.0 Å². The summed E-state index contributed by atoms with van der Waals surface area (Å²) in [6, 6.07) is 6.91. The van der Waals surface area contributed by atoms with E-state index in [1.54, 1.807) is 4.90 Å². The molecule has 9 heteroatoms. The van der Waals surface area contributed by atoms with Gasteiger partial charge in [0.05, 0.1) is 18.5 Å². The zero-order valence-electron chi connectivity index (χ0n) is 21.1. The van der Waals surface area contributed by atoms with Crippen LogP contribution >= 0.6 is 0 Å². The SMILES string of the molecule is CC(C)CC(=O)N[C@@H](Cc1ccccc1)C(=O)O[C@@H](CC(=O)O)[C@@H]1CCCN1C(=O)[C@@H](N)C(C)C. The fourth-order valence-corrected chi connectivity index (χ4v) is 4.26. The minimum absolute atomic E-state index is 0.0874. The molecule has 4 N–H and O–H groups in total. The number of carbonyl (C=O) groups is 4. The van der Waals surface area contributed by atoms with E-state index in [2.05, 4.69) is 5.32 Å². The van der Waals surface area contributed by atoms with E-state index in [4.69, 9.17) is 10.5 Å². The van der Waals surface area contributed by atoms with Crippen LogP contribution in [-0.2, 0) is 30.3 Å². The van der Waals surface area contributed by atoms with Crippen molar-refractivity contribution in [3.05, 3.63) is 35.9 Å². The Morgan fingerprint density at radius 3 is 2.34 bits per heavy atom. The summed E-state index contributed by atoms with van der Waals surface area (Å²) in [5, 5.41) is 12.3. The van der Waals surface area contributed by atoms with Crippen molar-refractivity contribution in [2.24, 2.45) is 17.6 Å². The first kappa shape index (κ1) is 28.3. The molecular formula is C26H39N3O6. The molecule has 194 valence electrons. The van der Waals surface area contributed by atoms with Gasteiger partial charge in [-0.1, -0.05) is 58.0 Å². The lowest BCUT2D eigenvalue weighted by molar-refractivity contribution is -0.162. The number of ether oxygens (including phenoxy) is 1. The lowest BCUT2D eigenvalue weighted by Gasteiger charge is -2.33. The van der Waals surface area contributed by atoms with Gasteiger partial charge in [0.25, 0.3) is 0 Å². The minimum atomic E-state index is -1.14. The molecular weight excluding hydrogens is 450 g/mol. The number of esters is 1. The van der Waals surface area contributed by atoms with Crippen molar-refractivity contribution in [1.82, 2.24) is 10.2 Å². The van der Waals surface area contributed by atoms with Gasteiger partial charge < -0.3 is 25.8 Å². The summed E-state index contributed by atoms with van der Waals surface area (Å²) in [6.45, 7) is 7.92. The topological polar surface area (TPSA) is 139 Å². The molecule has 1 saturated heterocycles. The maximum absolute atomic E-state index is 13.3. The Hall–Kier alpha value is -2.94. The molecule has 0 spiro atoms. The molecule has 0 bridgehead atoms. The number of hydrogen-bond acceptors (Lipinski definition) is 6. The first-order valence-electron chi connectivity index (χ1n) is 12.3. The van der Waals surface area contributed by atoms with Crippen LogP contribution in [0.3, 0.4) is 0 Å². The summed E-state index contributed by atoms with van der Waals surface area (Å²) in [6.07, 6.45) is 0.114. The average Bonchev–Trinajstić information content (AvgIpc) is 3.26. The van der Waals surface area contributed by atoms with Crippen LogP contribution < -0.4 is 11.1 Å². The number of nitrogens with zero attached hydrogens (tertiary/aromatic N) is 1. The third-order valence-electron chi connectivity index (χ3n) is 6.15. The summed E-state index contributed by atoms with van der Waals surface area (Å²) in [5.74, 6) is -2.40. The highest BCUT2D eigenvalue weighted by molar-refractivity contribution is 5.85. The molecule has 0 saturated carbocycles. The number of rotatable bonds is 12. The Balaban J connectivity index is 2.24.